The zero-order chi connectivity index (χ0) is 73.4. The average Bonchev–Trinajstić information content (AvgIpc) is 0.956. The van der Waals surface area contributed by atoms with Crippen LogP contribution in [-0.2, 0) is 65.4 Å². The Hall–Kier alpha value is -1.94. The lowest BCUT2D eigenvalue weighted by molar-refractivity contribution is -0.161. The van der Waals surface area contributed by atoms with Gasteiger partial charge in [-0.05, 0) is 31.6 Å². The van der Waals surface area contributed by atoms with Crippen molar-refractivity contribution >= 4 is 39.5 Å². The van der Waals surface area contributed by atoms with Gasteiger partial charge in [-0.1, -0.05) is 381 Å². The summed E-state index contributed by atoms with van der Waals surface area (Å²) >= 11 is 0. The van der Waals surface area contributed by atoms with E-state index in [1.807, 2.05) is 0 Å². The maximum Gasteiger partial charge on any atom is 0.472 e. The van der Waals surface area contributed by atoms with Gasteiger partial charge < -0.3 is 33.8 Å². The van der Waals surface area contributed by atoms with Gasteiger partial charge >= 0.3 is 39.5 Å². The zero-order valence-electron chi connectivity index (χ0n) is 65.3. The van der Waals surface area contributed by atoms with Crippen LogP contribution in [0.1, 0.15) is 433 Å². The second kappa shape index (κ2) is 73.9. The molecule has 0 bridgehead atoms. The van der Waals surface area contributed by atoms with E-state index >= 15 is 0 Å². The summed E-state index contributed by atoms with van der Waals surface area (Å²) in [5.74, 6) is -1.39. The van der Waals surface area contributed by atoms with Crippen LogP contribution in [0.15, 0.2) is 0 Å². The lowest BCUT2D eigenvalue weighted by Gasteiger charge is -2.21. The first-order valence-electron chi connectivity index (χ1n) is 42.1. The summed E-state index contributed by atoms with van der Waals surface area (Å²) in [6.45, 7) is 7.28. The quantitative estimate of drug-likeness (QED) is 0.0222. The molecule has 0 radical (unpaired) electrons. The highest BCUT2D eigenvalue weighted by atomic mass is 31.2. The number of hydrogen-bond acceptors (Lipinski definition) is 15. The molecule has 0 saturated heterocycles. The maximum absolute atomic E-state index is 13.1. The van der Waals surface area contributed by atoms with Crippen LogP contribution in [0.3, 0.4) is 0 Å². The van der Waals surface area contributed by atoms with Crippen molar-refractivity contribution in [2.24, 2.45) is 5.92 Å². The first kappa shape index (κ1) is 98.1. The van der Waals surface area contributed by atoms with E-state index < -0.39 is 97.5 Å². The third kappa shape index (κ3) is 74.3. The van der Waals surface area contributed by atoms with Crippen molar-refractivity contribution in [3.05, 3.63) is 0 Å². The van der Waals surface area contributed by atoms with Gasteiger partial charge in [-0.15, -0.1) is 0 Å². The molecule has 0 rings (SSSR count). The molecule has 0 aliphatic rings. The standard InChI is InChI=1S/C81H158O17P2/c1-6-9-12-15-18-21-24-26-28-30-32-33-35-37-39-42-45-51-56-61-66-80(85)97-76(70-92-79(84)65-60-55-50-44-41-38-36-34-31-29-27-25-22-19-16-13-10-7-2)72-95-99(87,88)93-68-75(82)69-94-100(89,90)96-73-77(98-81(86)67-62-57-52-47-46-48-53-58-63-74(4)5)71-91-78(83)64-59-54-49-43-40-23-20-17-14-11-8-3/h74-77,82H,6-73H2,1-5H3,(H,87,88)(H,89,90)/t75-,76-,77-/m1/s1. The number of ether oxygens (including phenoxy) is 4. The third-order valence-corrected chi connectivity index (χ3v) is 20.9. The molecule has 0 aromatic carbocycles. The molecule has 0 fully saturated rings. The Balaban J connectivity index is 5.21. The molecule has 0 spiro atoms. The van der Waals surface area contributed by atoms with Crippen molar-refractivity contribution < 1.29 is 80.2 Å². The predicted octanol–water partition coefficient (Wildman–Crippen LogP) is 24.4. The molecule has 0 heterocycles. The Kier molecular flexibility index (Phi) is 72.5. The van der Waals surface area contributed by atoms with Crippen molar-refractivity contribution in [3.8, 4) is 0 Å². The second-order valence-corrected chi connectivity index (χ2v) is 32.5. The minimum absolute atomic E-state index is 0.105. The van der Waals surface area contributed by atoms with E-state index in [2.05, 4.69) is 34.6 Å². The fourth-order valence-corrected chi connectivity index (χ4v) is 14.2. The SMILES string of the molecule is CCCCCCCCCCCCCCCCCCCCCCC(=O)O[C@H](COC(=O)CCCCCCCCCCCCCCCCCCCC)COP(=O)(O)OC[C@@H](O)COP(=O)(O)OC[C@@H](COC(=O)CCCCCCCCCCCCC)OC(=O)CCCCCCCCCCC(C)C. The molecule has 0 saturated carbocycles. The zero-order valence-corrected chi connectivity index (χ0v) is 67.1. The number of carbonyl (C=O) groups excluding carboxylic acids is 4. The number of carbonyl (C=O) groups is 4. The Morgan fingerprint density at radius 1 is 0.270 bits per heavy atom. The van der Waals surface area contributed by atoms with E-state index in [0.717, 1.165) is 95.8 Å². The minimum Gasteiger partial charge on any atom is -0.462 e. The van der Waals surface area contributed by atoms with Crippen LogP contribution >= 0.6 is 15.6 Å². The summed E-state index contributed by atoms with van der Waals surface area (Å²) in [6.07, 6.45) is 65.3. The molecule has 2 unspecified atom stereocenters. The molecule has 0 aliphatic carbocycles. The van der Waals surface area contributed by atoms with Crippen molar-refractivity contribution in [1.82, 2.24) is 0 Å². The fraction of sp³-hybridized carbons (Fsp3) is 0.951. The van der Waals surface area contributed by atoms with Crippen LogP contribution in [-0.4, -0.2) is 96.7 Å². The number of rotatable bonds is 81. The molecular weight excluding hydrogens is 1310 g/mol. The molecule has 0 aliphatic heterocycles. The van der Waals surface area contributed by atoms with Gasteiger partial charge in [0.25, 0.3) is 0 Å². The molecule has 19 heteroatoms. The smallest absolute Gasteiger partial charge is 0.462 e. The summed E-state index contributed by atoms with van der Waals surface area (Å²) in [5.41, 5.74) is 0. The van der Waals surface area contributed by atoms with Gasteiger partial charge in [-0.25, -0.2) is 9.13 Å². The molecule has 0 aromatic rings. The van der Waals surface area contributed by atoms with Crippen LogP contribution in [0.5, 0.6) is 0 Å². The van der Waals surface area contributed by atoms with Gasteiger partial charge in [-0.3, -0.25) is 37.3 Å². The Labute approximate surface area is 613 Å². The predicted molar refractivity (Wildman–Crippen MR) is 409 cm³/mol. The Morgan fingerprint density at radius 3 is 0.680 bits per heavy atom. The number of esters is 4. The first-order chi connectivity index (χ1) is 48.5. The monoisotopic (exact) mass is 1470 g/mol. The average molecular weight is 1470 g/mol. The van der Waals surface area contributed by atoms with E-state index in [1.54, 1.807) is 0 Å². The van der Waals surface area contributed by atoms with E-state index in [4.69, 9.17) is 37.0 Å². The van der Waals surface area contributed by atoms with Crippen LogP contribution in [0.25, 0.3) is 0 Å². The van der Waals surface area contributed by atoms with Gasteiger partial charge in [0.15, 0.2) is 12.2 Å². The highest BCUT2D eigenvalue weighted by Gasteiger charge is 2.30. The molecule has 0 amide bonds. The summed E-state index contributed by atoms with van der Waals surface area (Å²) in [5, 5.41) is 10.6. The molecule has 17 nitrogen and oxygen atoms in total. The molecule has 0 aromatic heterocycles. The summed E-state index contributed by atoms with van der Waals surface area (Å²) < 4.78 is 68.7. The van der Waals surface area contributed by atoms with Crippen LogP contribution < -0.4 is 0 Å². The van der Waals surface area contributed by atoms with Crippen molar-refractivity contribution in [2.45, 2.75) is 451 Å². The molecule has 3 N–H and O–H groups in total. The van der Waals surface area contributed by atoms with Crippen molar-refractivity contribution in [2.75, 3.05) is 39.6 Å². The van der Waals surface area contributed by atoms with E-state index in [0.29, 0.717) is 25.7 Å². The number of hydrogen-bond donors (Lipinski definition) is 3. The van der Waals surface area contributed by atoms with Crippen molar-refractivity contribution in [3.63, 3.8) is 0 Å². The lowest BCUT2D eigenvalue weighted by atomic mass is 10.0. The highest BCUT2D eigenvalue weighted by Crippen LogP contribution is 2.45. The molecule has 100 heavy (non-hydrogen) atoms. The maximum atomic E-state index is 13.1. The second-order valence-electron chi connectivity index (χ2n) is 29.6. The Bertz CT molecular complexity index is 1910. The molecular formula is C81H158O17P2. The molecule has 5 atom stereocenters. The number of aliphatic hydroxyl groups excluding tert-OH is 1. The number of unbranched alkanes of at least 4 members (excludes halogenated alkanes) is 53. The first-order valence-corrected chi connectivity index (χ1v) is 45.1. The Morgan fingerprint density at radius 2 is 0.460 bits per heavy atom. The highest BCUT2D eigenvalue weighted by molar-refractivity contribution is 7.47. The van der Waals surface area contributed by atoms with Crippen LogP contribution in [0.4, 0.5) is 0 Å². The van der Waals surface area contributed by atoms with E-state index in [1.165, 1.54) is 257 Å². The van der Waals surface area contributed by atoms with Crippen LogP contribution in [0.2, 0.25) is 0 Å². The normalized spacial score (nSPS) is 13.8. The summed E-state index contributed by atoms with van der Waals surface area (Å²) in [7, 11) is -9.92. The molecule has 594 valence electrons. The van der Waals surface area contributed by atoms with E-state index in [9.17, 15) is 43.2 Å². The van der Waals surface area contributed by atoms with Gasteiger partial charge in [0.2, 0.25) is 0 Å². The largest absolute Gasteiger partial charge is 0.472 e. The number of phosphoric ester groups is 2. The lowest BCUT2D eigenvalue weighted by Crippen LogP contribution is -2.30. The van der Waals surface area contributed by atoms with Gasteiger partial charge in [0.05, 0.1) is 26.4 Å². The van der Waals surface area contributed by atoms with Crippen LogP contribution in [0, 0.1) is 5.92 Å². The number of aliphatic hydroxyl groups is 1. The topological polar surface area (TPSA) is 237 Å². The van der Waals surface area contributed by atoms with Crippen molar-refractivity contribution in [1.29, 1.82) is 0 Å². The number of phosphoric acid groups is 2. The third-order valence-electron chi connectivity index (χ3n) is 19.0. The van der Waals surface area contributed by atoms with E-state index in [-0.39, 0.29) is 25.7 Å². The minimum atomic E-state index is -4.96. The summed E-state index contributed by atoms with van der Waals surface area (Å²) in [6, 6.07) is 0. The van der Waals surface area contributed by atoms with Gasteiger partial charge in [-0.2, -0.15) is 0 Å². The van der Waals surface area contributed by atoms with Gasteiger partial charge in [0, 0.05) is 25.7 Å². The summed E-state index contributed by atoms with van der Waals surface area (Å²) in [4.78, 5) is 73.0. The fourth-order valence-electron chi connectivity index (χ4n) is 12.6. The van der Waals surface area contributed by atoms with Gasteiger partial charge in [0.1, 0.15) is 19.3 Å².